The van der Waals surface area contributed by atoms with Gasteiger partial charge in [0.25, 0.3) is 0 Å². The van der Waals surface area contributed by atoms with Crippen molar-refractivity contribution in [2.45, 2.75) is 92.6 Å². The summed E-state index contributed by atoms with van der Waals surface area (Å²) in [6, 6.07) is 0. The Hall–Kier alpha value is -0.0400. The summed E-state index contributed by atoms with van der Waals surface area (Å²) in [6.45, 7) is 15.9. The van der Waals surface area contributed by atoms with Crippen molar-refractivity contribution in [2.24, 2.45) is 10.8 Å². The van der Waals surface area contributed by atoms with Gasteiger partial charge < -0.3 is 5.11 Å². The van der Waals surface area contributed by atoms with Crippen molar-refractivity contribution in [1.29, 1.82) is 0 Å². The molecule has 1 nitrogen and oxygen atoms in total. The Morgan fingerprint density at radius 1 is 0.765 bits per heavy atom. The predicted molar refractivity (Wildman–Crippen MR) is 77.2 cm³/mol. The van der Waals surface area contributed by atoms with Crippen molar-refractivity contribution in [3.8, 4) is 0 Å². The van der Waals surface area contributed by atoms with Crippen molar-refractivity contribution >= 4 is 0 Å². The molecule has 0 aliphatic rings. The first kappa shape index (κ1) is 17.0. The lowest BCUT2D eigenvalue weighted by atomic mass is 9.66. The highest BCUT2D eigenvalue weighted by Crippen LogP contribution is 2.42. The van der Waals surface area contributed by atoms with Gasteiger partial charge in [0.05, 0.1) is 5.60 Å². The Balaban J connectivity index is 4.01. The molecule has 0 heterocycles. The van der Waals surface area contributed by atoms with Gasteiger partial charge in [-0.3, -0.25) is 0 Å². The molecular formula is C16H34O. The van der Waals surface area contributed by atoms with Crippen LogP contribution in [-0.4, -0.2) is 10.7 Å². The maximum atomic E-state index is 10.2. The average Bonchev–Trinajstić information content (AvgIpc) is 2.22. The fraction of sp³-hybridized carbons (Fsp3) is 1.00. The summed E-state index contributed by atoms with van der Waals surface area (Å²) in [4.78, 5) is 0. The largest absolute Gasteiger partial charge is 0.390 e. The summed E-state index contributed by atoms with van der Waals surface area (Å²) in [5, 5.41) is 10.2. The summed E-state index contributed by atoms with van der Waals surface area (Å²) in [5.74, 6) is 0. The molecule has 0 aromatic carbocycles. The van der Waals surface area contributed by atoms with Gasteiger partial charge in [-0.2, -0.15) is 0 Å². The van der Waals surface area contributed by atoms with E-state index < -0.39 is 5.60 Å². The quantitative estimate of drug-likeness (QED) is 0.611. The van der Waals surface area contributed by atoms with E-state index in [1.807, 2.05) is 0 Å². The highest BCUT2D eigenvalue weighted by Gasteiger charge is 2.32. The van der Waals surface area contributed by atoms with Crippen LogP contribution >= 0.6 is 0 Å². The van der Waals surface area contributed by atoms with Gasteiger partial charge in [0.1, 0.15) is 0 Å². The van der Waals surface area contributed by atoms with Crippen LogP contribution in [-0.2, 0) is 0 Å². The van der Waals surface area contributed by atoms with E-state index in [0.29, 0.717) is 10.8 Å². The maximum Gasteiger partial charge on any atom is 0.0642 e. The molecule has 0 aromatic rings. The molecule has 0 fully saturated rings. The molecule has 0 rings (SSSR count). The first-order valence-electron chi connectivity index (χ1n) is 7.30. The maximum absolute atomic E-state index is 10.2. The number of unbranched alkanes of at least 4 members (excludes halogenated alkanes) is 1. The van der Waals surface area contributed by atoms with E-state index in [0.717, 1.165) is 25.7 Å². The van der Waals surface area contributed by atoms with Crippen molar-refractivity contribution in [2.75, 3.05) is 0 Å². The van der Waals surface area contributed by atoms with Crippen LogP contribution in [0.4, 0.5) is 0 Å². The van der Waals surface area contributed by atoms with Gasteiger partial charge in [0.2, 0.25) is 0 Å². The molecule has 0 amide bonds. The molecule has 0 aliphatic carbocycles. The first-order chi connectivity index (χ1) is 7.58. The van der Waals surface area contributed by atoms with Crippen molar-refractivity contribution in [1.82, 2.24) is 0 Å². The summed E-state index contributed by atoms with van der Waals surface area (Å²) < 4.78 is 0. The number of hydrogen-bond acceptors (Lipinski definition) is 1. The van der Waals surface area contributed by atoms with Gasteiger partial charge in [0, 0.05) is 0 Å². The zero-order valence-corrected chi connectivity index (χ0v) is 13.2. The minimum Gasteiger partial charge on any atom is -0.390 e. The molecule has 0 atom stereocenters. The Kier molecular flexibility index (Phi) is 6.21. The van der Waals surface area contributed by atoms with Crippen LogP contribution in [0.1, 0.15) is 87.0 Å². The van der Waals surface area contributed by atoms with Crippen LogP contribution in [0.3, 0.4) is 0 Å². The van der Waals surface area contributed by atoms with Crippen LogP contribution in [0.2, 0.25) is 0 Å². The number of aliphatic hydroxyl groups is 1. The van der Waals surface area contributed by atoms with Gasteiger partial charge >= 0.3 is 0 Å². The van der Waals surface area contributed by atoms with E-state index in [4.69, 9.17) is 0 Å². The summed E-state index contributed by atoms with van der Waals surface area (Å²) in [5.41, 5.74) is 0.328. The van der Waals surface area contributed by atoms with Crippen molar-refractivity contribution in [3.63, 3.8) is 0 Å². The lowest BCUT2D eigenvalue weighted by Crippen LogP contribution is -2.30. The Morgan fingerprint density at radius 2 is 1.18 bits per heavy atom. The third-order valence-corrected chi connectivity index (χ3v) is 5.04. The summed E-state index contributed by atoms with van der Waals surface area (Å²) in [6.07, 6.45) is 6.35. The van der Waals surface area contributed by atoms with Gasteiger partial charge in [0.15, 0.2) is 0 Å². The van der Waals surface area contributed by atoms with Gasteiger partial charge in [-0.25, -0.2) is 0 Å². The highest BCUT2D eigenvalue weighted by molar-refractivity contribution is 4.82. The van der Waals surface area contributed by atoms with Gasteiger partial charge in [-0.1, -0.05) is 61.3 Å². The Morgan fingerprint density at radius 3 is 1.53 bits per heavy atom. The first-order valence-corrected chi connectivity index (χ1v) is 7.30. The normalized spacial score (nSPS) is 14.1. The van der Waals surface area contributed by atoms with Crippen LogP contribution in [0, 0.1) is 10.8 Å². The lowest BCUT2D eigenvalue weighted by molar-refractivity contribution is 0.0191. The van der Waals surface area contributed by atoms with E-state index in [9.17, 15) is 5.11 Å². The summed E-state index contributed by atoms with van der Waals surface area (Å²) >= 11 is 0. The molecule has 0 radical (unpaired) electrons. The second-order valence-corrected chi connectivity index (χ2v) is 7.27. The van der Waals surface area contributed by atoms with E-state index in [1.54, 1.807) is 0 Å². The summed E-state index contributed by atoms with van der Waals surface area (Å²) in [7, 11) is 0. The minimum absolute atomic E-state index is 0.360. The molecule has 0 bridgehead atoms. The Labute approximate surface area is 109 Å². The molecular weight excluding hydrogens is 208 g/mol. The van der Waals surface area contributed by atoms with E-state index in [2.05, 4.69) is 48.5 Å². The molecule has 0 spiro atoms. The standard InChI is InChI=1S/C16H34O/c1-8-16(17,9-2)13-11-10-12-15(6,7)14(3,4)5/h17H,8-13H2,1-7H3. The molecule has 0 saturated heterocycles. The molecule has 104 valence electrons. The zero-order valence-electron chi connectivity index (χ0n) is 13.2. The van der Waals surface area contributed by atoms with E-state index in [1.165, 1.54) is 12.8 Å². The van der Waals surface area contributed by atoms with Crippen molar-refractivity contribution in [3.05, 3.63) is 0 Å². The SMILES string of the molecule is CCC(O)(CC)CCCCC(C)(C)C(C)(C)C. The highest BCUT2D eigenvalue weighted by atomic mass is 16.3. The third-order valence-electron chi connectivity index (χ3n) is 5.04. The van der Waals surface area contributed by atoms with E-state index >= 15 is 0 Å². The lowest BCUT2D eigenvalue weighted by Gasteiger charge is -2.39. The predicted octanol–water partition coefficient (Wildman–Crippen LogP) is 5.17. The van der Waals surface area contributed by atoms with Crippen LogP contribution in [0.5, 0.6) is 0 Å². The minimum atomic E-state index is -0.411. The molecule has 1 heteroatoms. The van der Waals surface area contributed by atoms with Crippen molar-refractivity contribution < 1.29 is 5.11 Å². The smallest absolute Gasteiger partial charge is 0.0642 e. The molecule has 0 aromatic heterocycles. The van der Waals surface area contributed by atoms with Gasteiger partial charge in [-0.05, 0) is 36.5 Å². The molecule has 0 saturated carbocycles. The Bertz CT molecular complexity index is 206. The molecule has 0 aliphatic heterocycles. The topological polar surface area (TPSA) is 20.2 Å². The monoisotopic (exact) mass is 242 g/mol. The molecule has 0 unspecified atom stereocenters. The fourth-order valence-corrected chi connectivity index (χ4v) is 2.00. The van der Waals surface area contributed by atoms with Crippen LogP contribution in [0.15, 0.2) is 0 Å². The fourth-order valence-electron chi connectivity index (χ4n) is 2.00. The van der Waals surface area contributed by atoms with Crippen LogP contribution in [0.25, 0.3) is 0 Å². The number of hydrogen-bond donors (Lipinski definition) is 1. The van der Waals surface area contributed by atoms with E-state index in [-0.39, 0.29) is 0 Å². The second-order valence-electron chi connectivity index (χ2n) is 7.27. The number of rotatable bonds is 7. The molecule has 1 N–H and O–H groups in total. The third kappa shape index (κ3) is 5.42. The molecule has 17 heavy (non-hydrogen) atoms. The zero-order chi connectivity index (χ0) is 13.7. The van der Waals surface area contributed by atoms with Crippen LogP contribution < -0.4 is 0 Å². The van der Waals surface area contributed by atoms with Gasteiger partial charge in [-0.15, -0.1) is 0 Å². The average molecular weight is 242 g/mol. The second kappa shape index (κ2) is 6.22.